The fourth-order valence-electron chi connectivity index (χ4n) is 2.57. The number of carbonyl (C=O) groups excluding carboxylic acids is 1. The maximum Gasteiger partial charge on any atom is 0.234 e. The van der Waals surface area contributed by atoms with Crippen molar-refractivity contribution in [1.29, 1.82) is 0 Å². The van der Waals surface area contributed by atoms with E-state index >= 15 is 0 Å². The van der Waals surface area contributed by atoms with E-state index in [-0.39, 0.29) is 11.7 Å². The number of anilines is 1. The number of aromatic nitrogens is 3. The van der Waals surface area contributed by atoms with Gasteiger partial charge in [0, 0.05) is 12.7 Å². The number of thioether (sulfide) groups is 1. The second kappa shape index (κ2) is 7.78. The molecule has 6 nitrogen and oxygen atoms in total. The zero-order valence-electron chi connectivity index (χ0n) is 15.3. The summed E-state index contributed by atoms with van der Waals surface area (Å²) in [4.78, 5) is 12.2. The summed E-state index contributed by atoms with van der Waals surface area (Å²) in [5.74, 6) is 2.18. The molecule has 0 atom stereocenters. The number of nitrogens with one attached hydrogen (secondary N) is 1. The van der Waals surface area contributed by atoms with Crippen LogP contribution in [-0.2, 0) is 11.8 Å². The highest BCUT2D eigenvalue weighted by atomic mass is 32.2. The Morgan fingerprint density at radius 3 is 2.58 bits per heavy atom. The molecule has 3 aromatic rings. The van der Waals surface area contributed by atoms with Crippen LogP contribution in [0.5, 0.6) is 0 Å². The lowest BCUT2D eigenvalue weighted by atomic mass is 10.0. The molecule has 0 aliphatic carbocycles. The first-order chi connectivity index (χ1) is 12.5. The molecule has 1 amide bonds. The Labute approximate surface area is 157 Å². The molecule has 0 saturated heterocycles. The average Bonchev–Trinajstić information content (AvgIpc) is 3.19. The molecule has 0 radical (unpaired) electrons. The molecule has 0 bridgehead atoms. The summed E-state index contributed by atoms with van der Waals surface area (Å²) in [5, 5.41) is 12.0. The second-order valence-corrected chi connectivity index (χ2v) is 7.31. The molecule has 26 heavy (non-hydrogen) atoms. The number of carbonyl (C=O) groups is 1. The van der Waals surface area contributed by atoms with Crippen molar-refractivity contribution in [3.05, 3.63) is 47.9 Å². The van der Waals surface area contributed by atoms with Crippen molar-refractivity contribution in [3.8, 4) is 11.4 Å². The number of rotatable bonds is 6. The van der Waals surface area contributed by atoms with Crippen LogP contribution >= 0.6 is 11.8 Å². The van der Waals surface area contributed by atoms with Crippen LogP contribution in [0.4, 0.5) is 5.69 Å². The third-order valence-electron chi connectivity index (χ3n) is 4.13. The number of hydrogen-bond acceptors (Lipinski definition) is 5. The topological polar surface area (TPSA) is 72.9 Å². The normalized spacial score (nSPS) is 11.1. The Morgan fingerprint density at radius 2 is 1.96 bits per heavy atom. The molecule has 3 rings (SSSR count). The summed E-state index contributed by atoms with van der Waals surface area (Å²) >= 11 is 1.35. The van der Waals surface area contributed by atoms with Crippen LogP contribution in [0.2, 0.25) is 0 Å². The minimum Gasteiger partial charge on any atom is -0.469 e. The Kier molecular flexibility index (Phi) is 5.46. The SMILES string of the molecule is Cc1occc1-c1nnc(SCC(=O)Nc2ccc(C(C)C)cc2)n1C. The van der Waals surface area contributed by atoms with Crippen molar-refractivity contribution in [2.75, 3.05) is 11.1 Å². The quantitative estimate of drug-likeness (QED) is 0.657. The summed E-state index contributed by atoms with van der Waals surface area (Å²) in [6, 6.07) is 9.80. The van der Waals surface area contributed by atoms with E-state index in [1.54, 1.807) is 6.26 Å². The average molecular weight is 370 g/mol. The van der Waals surface area contributed by atoms with E-state index in [1.807, 2.05) is 48.9 Å². The number of benzene rings is 1. The molecule has 0 aliphatic rings. The first-order valence-electron chi connectivity index (χ1n) is 8.42. The zero-order valence-corrected chi connectivity index (χ0v) is 16.1. The van der Waals surface area contributed by atoms with Crippen LogP contribution in [0.1, 0.15) is 31.1 Å². The van der Waals surface area contributed by atoms with Gasteiger partial charge in [-0.15, -0.1) is 10.2 Å². The van der Waals surface area contributed by atoms with Gasteiger partial charge in [-0.1, -0.05) is 37.7 Å². The van der Waals surface area contributed by atoms with Crippen molar-refractivity contribution in [3.63, 3.8) is 0 Å². The monoisotopic (exact) mass is 370 g/mol. The van der Waals surface area contributed by atoms with E-state index in [0.717, 1.165) is 22.8 Å². The minimum atomic E-state index is -0.0728. The molecule has 7 heteroatoms. The minimum absolute atomic E-state index is 0.0728. The second-order valence-electron chi connectivity index (χ2n) is 6.37. The van der Waals surface area contributed by atoms with Crippen molar-refractivity contribution in [2.45, 2.75) is 31.8 Å². The van der Waals surface area contributed by atoms with Gasteiger partial charge >= 0.3 is 0 Å². The summed E-state index contributed by atoms with van der Waals surface area (Å²) in [7, 11) is 1.88. The van der Waals surface area contributed by atoms with Gasteiger partial charge in [0.15, 0.2) is 11.0 Å². The molecular formula is C19H22N4O2S. The van der Waals surface area contributed by atoms with Crippen LogP contribution in [0, 0.1) is 6.92 Å². The Morgan fingerprint density at radius 1 is 1.23 bits per heavy atom. The lowest BCUT2D eigenvalue weighted by Crippen LogP contribution is -2.14. The fraction of sp³-hybridized carbons (Fsp3) is 0.316. The van der Waals surface area contributed by atoms with Gasteiger partial charge in [-0.05, 0) is 36.6 Å². The first-order valence-corrected chi connectivity index (χ1v) is 9.40. The van der Waals surface area contributed by atoms with Gasteiger partial charge in [-0.3, -0.25) is 4.79 Å². The predicted molar refractivity (Wildman–Crippen MR) is 103 cm³/mol. The molecule has 0 fully saturated rings. The van der Waals surface area contributed by atoms with Gasteiger partial charge in [-0.25, -0.2) is 0 Å². The lowest BCUT2D eigenvalue weighted by Gasteiger charge is -2.08. The molecule has 0 saturated carbocycles. The Balaban J connectivity index is 1.60. The van der Waals surface area contributed by atoms with E-state index in [4.69, 9.17) is 4.42 Å². The number of hydrogen-bond donors (Lipinski definition) is 1. The smallest absolute Gasteiger partial charge is 0.234 e. The van der Waals surface area contributed by atoms with E-state index in [9.17, 15) is 4.79 Å². The van der Waals surface area contributed by atoms with Gasteiger partial charge in [0.2, 0.25) is 5.91 Å². The molecule has 2 heterocycles. The third-order valence-corrected chi connectivity index (χ3v) is 5.15. The molecule has 1 aromatic carbocycles. The van der Waals surface area contributed by atoms with Crippen LogP contribution in [0.15, 0.2) is 46.2 Å². The number of amides is 1. The van der Waals surface area contributed by atoms with E-state index in [2.05, 4.69) is 29.4 Å². The molecule has 2 aromatic heterocycles. The van der Waals surface area contributed by atoms with E-state index < -0.39 is 0 Å². The van der Waals surface area contributed by atoms with Crippen molar-refractivity contribution in [1.82, 2.24) is 14.8 Å². The highest BCUT2D eigenvalue weighted by Crippen LogP contribution is 2.26. The van der Waals surface area contributed by atoms with Crippen LogP contribution < -0.4 is 5.32 Å². The van der Waals surface area contributed by atoms with Gasteiger partial charge in [0.25, 0.3) is 0 Å². The van der Waals surface area contributed by atoms with Crippen molar-refractivity contribution < 1.29 is 9.21 Å². The summed E-state index contributed by atoms with van der Waals surface area (Å²) in [5.41, 5.74) is 2.95. The molecule has 0 aliphatic heterocycles. The highest BCUT2D eigenvalue weighted by Gasteiger charge is 2.15. The van der Waals surface area contributed by atoms with Crippen LogP contribution in [-0.4, -0.2) is 26.4 Å². The van der Waals surface area contributed by atoms with Gasteiger partial charge < -0.3 is 14.3 Å². The van der Waals surface area contributed by atoms with Crippen LogP contribution in [0.3, 0.4) is 0 Å². The molecule has 0 unspecified atom stereocenters. The first kappa shape index (κ1) is 18.3. The van der Waals surface area contributed by atoms with E-state index in [1.165, 1.54) is 17.3 Å². The predicted octanol–water partition coefficient (Wildman–Crippen LogP) is 4.24. The fourth-order valence-corrected chi connectivity index (χ4v) is 3.28. The standard InChI is InChI=1S/C19H22N4O2S/c1-12(2)14-5-7-15(8-6-14)20-17(24)11-26-19-22-21-18(23(19)4)16-9-10-25-13(16)3/h5-10,12H,11H2,1-4H3,(H,20,24). The summed E-state index contributed by atoms with van der Waals surface area (Å²) in [6.07, 6.45) is 1.63. The zero-order chi connectivity index (χ0) is 18.7. The van der Waals surface area contributed by atoms with Gasteiger partial charge in [0.05, 0.1) is 17.6 Å². The number of nitrogens with zero attached hydrogens (tertiary/aromatic N) is 3. The lowest BCUT2D eigenvalue weighted by molar-refractivity contribution is -0.113. The maximum absolute atomic E-state index is 12.2. The Bertz CT molecular complexity index is 897. The van der Waals surface area contributed by atoms with Crippen molar-refractivity contribution in [2.24, 2.45) is 7.05 Å². The largest absolute Gasteiger partial charge is 0.469 e. The maximum atomic E-state index is 12.2. The van der Waals surface area contributed by atoms with Gasteiger partial charge in [0.1, 0.15) is 5.76 Å². The molecular weight excluding hydrogens is 348 g/mol. The van der Waals surface area contributed by atoms with Crippen LogP contribution in [0.25, 0.3) is 11.4 Å². The highest BCUT2D eigenvalue weighted by molar-refractivity contribution is 7.99. The summed E-state index contributed by atoms with van der Waals surface area (Å²) < 4.78 is 7.19. The summed E-state index contributed by atoms with van der Waals surface area (Å²) in [6.45, 7) is 6.17. The third kappa shape index (κ3) is 3.99. The number of aryl methyl sites for hydroxylation is 1. The number of furan rings is 1. The molecule has 1 N–H and O–H groups in total. The Hall–Kier alpha value is -2.54. The molecule has 136 valence electrons. The van der Waals surface area contributed by atoms with Crippen molar-refractivity contribution >= 4 is 23.4 Å². The van der Waals surface area contributed by atoms with E-state index in [0.29, 0.717) is 11.1 Å². The molecule has 0 spiro atoms. The van der Waals surface area contributed by atoms with Gasteiger partial charge in [-0.2, -0.15) is 0 Å².